The lowest BCUT2D eigenvalue weighted by atomic mass is 10.1. The molecule has 1 rings (SSSR count). The Labute approximate surface area is 98.8 Å². The zero-order chi connectivity index (χ0) is 12.8. The minimum atomic E-state index is -0.402. The van der Waals surface area contributed by atoms with Crippen LogP contribution in [0.3, 0.4) is 0 Å². The van der Waals surface area contributed by atoms with Gasteiger partial charge in [-0.1, -0.05) is 0 Å². The molecule has 5 heteroatoms. The summed E-state index contributed by atoms with van der Waals surface area (Å²) >= 11 is 0. The van der Waals surface area contributed by atoms with Crippen LogP contribution in [0.25, 0.3) is 0 Å². The molecule has 0 aromatic heterocycles. The molecular formula is C12H11N3O2. The zero-order valence-electron chi connectivity index (χ0n) is 9.52. The number of ketones is 2. The second-order valence-corrected chi connectivity index (χ2v) is 3.37. The zero-order valence-corrected chi connectivity index (χ0v) is 9.52. The topological polar surface area (TPSA) is 82.3 Å². The highest BCUT2D eigenvalue weighted by molar-refractivity contribution is 6.45. The molecule has 1 N–H and O–H groups in total. The van der Waals surface area contributed by atoms with Gasteiger partial charge in [0.15, 0.2) is 11.6 Å². The first kappa shape index (κ1) is 12.6. The first-order valence-corrected chi connectivity index (χ1v) is 4.90. The molecular weight excluding hydrogens is 218 g/mol. The number of hydrazone groups is 1. The molecule has 1 aromatic rings. The van der Waals surface area contributed by atoms with Gasteiger partial charge in [-0.05, 0) is 31.2 Å². The molecule has 17 heavy (non-hydrogen) atoms. The number of Topliss-reactive ketones (excluding diaryl/α,β-unsaturated/α-hetero) is 2. The van der Waals surface area contributed by atoms with Crippen LogP contribution in [0.15, 0.2) is 29.4 Å². The molecule has 0 amide bonds. The lowest BCUT2D eigenvalue weighted by Crippen LogP contribution is -2.09. The molecule has 0 aliphatic carbocycles. The highest BCUT2D eigenvalue weighted by Crippen LogP contribution is 2.09. The molecule has 5 nitrogen and oxygen atoms in total. The fourth-order valence-electron chi connectivity index (χ4n) is 1.08. The summed E-state index contributed by atoms with van der Waals surface area (Å²) in [5.41, 5.74) is 3.57. The molecule has 0 aliphatic rings. The summed E-state index contributed by atoms with van der Waals surface area (Å²) in [5, 5.41) is 12.3. The molecule has 0 radical (unpaired) electrons. The van der Waals surface area contributed by atoms with E-state index in [1.54, 1.807) is 30.3 Å². The van der Waals surface area contributed by atoms with Gasteiger partial charge >= 0.3 is 0 Å². The van der Waals surface area contributed by atoms with Crippen molar-refractivity contribution in [3.8, 4) is 6.07 Å². The lowest BCUT2D eigenvalue weighted by Gasteiger charge is -2.01. The Morgan fingerprint density at radius 2 is 1.82 bits per heavy atom. The Balaban J connectivity index is 2.80. The van der Waals surface area contributed by atoms with Gasteiger partial charge in [0.1, 0.15) is 6.07 Å². The van der Waals surface area contributed by atoms with E-state index >= 15 is 0 Å². The van der Waals surface area contributed by atoms with Crippen LogP contribution in [-0.2, 0) is 4.79 Å². The van der Waals surface area contributed by atoms with E-state index in [0.29, 0.717) is 11.3 Å². The second-order valence-electron chi connectivity index (χ2n) is 3.37. The largest absolute Gasteiger partial charge is 0.295 e. The Morgan fingerprint density at radius 1 is 1.24 bits per heavy atom. The number of hydrogen-bond acceptors (Lipinski definition) is 5. The number of rotatable bonds is 4. The molecule has 0 atom stereocenters. The SMILES string of the molecule is CC(=O)/C(C#N)=N/Nc1ccc(C(C)=O)cc1. The number of nitrogens with zero attached hydrogens (tertiary/aromatic N) is 2. The Hall–Kier alpha value is -2.48. The fraction of sp³-hybridized carbons (Fsp3) is 0.167. The van der Waals surface area contributed by atoms with Crippen LogP contribution in [-0.4, -0.2) is 17.3 Å². The van der Waals surface area contributed by atoms with Gasteiger partial charge in [0.05, 0.1) is 5.69 Å². The quantitative estimate of drug-likeness (QED) is 0.484. The van der Waals surface area contributed by atoms with Gasteiger partial charge in [-0.15, -0.1) is 0 Å². The molecule has 86 valence electrons. The number of benzene rings is 1. The predicted molar refractivity (Wildman–Crippen MR) is 63.8 cm³/mol. The van der Waals surface area contributed by atoms with E-state index in [-0.39, 0.29) is 11.5 Å². The number of nitriles is 1. The molecule has 1 aromatic carbocycles. The van der Waals surface area contributed by atoms with Crippen molar-refractivity contribution in [3.05, 3.63) is 29.8 Å². The van der Waals surface area contributed by atoms with Crippen molar-refractivity contribution in [1.29, 1.82) is 5.26 Å². The van der Waals surface area contributed by atoms with Gasteiger partial charge in [0, 0.05) is 12.5 Å². The number of anilines is 1. The van der Waals surface area contributed by atoms with Crippen LogP contribution in [0.4, 0.5) is 5.69 Å². The Kier molecular flexibility index (Phi) is 4.12. The minimum Gasteiger partial charge on any atom is -0.295 e. The van der Waals surface area contributed by atoms with E-state index in [1.807, 2.05) is 0 Å². The highest BCUT2D eigenvalue weighted by atomic mass is 16.1. The summed E-state index contributed by atoms with van der Waals surface area (Å²) < 4.78 is 0. The predicted octanol–water partition coefficient (Wildman–Crippen LogP) is 1.77. The molecule has 0 saturated carbocycles. The smallest absolute Gasteiger partial charge is 0.203 e. The van der Waals surface area contributed by atoms with Gasteiger partial charge in [0.2, 0.25) is 5.71 Å². The monoisotopic (exact) mass is 229 g/mol. The third-order valence-electron chi connectivity index (χ3n) is 2.03. The summed E-state index contributed by atoms with van der Waals surface area (Å²) in [7, 11) is 0. The van der Waals surface area contributed by atoms with E-state index in [9.17, 15) is 9.59 Å². The molecule has 0 aliphatic heterocycles. The maximum atomic E-state index is 11.0. The number of carbonyl (C=O) groups is 2. The first-order valence-electron chi connectivity index (χ1n) is 4.90. The molecule has 0 saturated heterocycles. The molecule has 0 heterocycles. The van der Waals surface area contributed by atoms with Crippen LogP contribution < -0.4 is 5.43 Å². The third-order valence-corrected chi connectivity index (χ3v) is 2.03. The van der Waals surface area contributed by atoms with Crippen LogP contribution >= 0.6 is 0 Å². The van der Waals surface area contributed by atoms with E-state index in [4.69, 9.17) is 5.26 Å². The first-order chi connectivity index (χ1) is 8.04. The van der Waals surface area contributed by atoms with Crippen molar-refractivity contribution >= 4 is 23.0 Å². The second kappa shape index (κ2) is 5.56. The van der Waals surface area contributed by atoms with Crippen molar-refractivity contribution in [1.82, 2.24) is 0 Å². The van der Waals surface area contributed by atoms with E-state index in [2.05, 4.69) is 10.5 Å². The van der Waals surface area contributed by atoms with Crippen LogP contribution in [0.2, 0.25) is 0 Å². The Bertz CT molecular complexity index is 510. The summed E-state index contributed by atoms with van der Waals surface area (Å²) in [6, 6.07) is 8.26. The molecule has 0 fully saturated rings. The van der Waals surface area contributed by atoms with Crippen molar-refractivity contribution in [3.63, 3.8) is 0 Å². The van der Waals surface area contributed by atoms with Crippen molar-refractivity contribution < 1.29 is 9.59 Å². The van der Waals surface area contributed by atoms with Crippen molar-refractivity contribution in [2.45, 2.75) is 13.8 Å². The van der Waals surface area contributed by atoms with E-state index < -0.39 is 5.78 Å². The maximum Gasteiger partial charge on any atom is 0.203 e. The normalized spacial score (nSPS) is 10.5. The summed E-state index contributed by atoms with van der Waals surface area (Å²) in [5.74, 6) is -0.429. The average molecular weight is 229 g/mol. The lowest BCUT2D eigenvalue weighted by molar-refractivity contribution is -0.110. The Morgan fingerprint density at radius 3 is 2.24 bits per heavy atom. The molecule has 0 unspecified atom stereocenters. The van der Waals surface area contributed by atoms with Gasteiger partial charge in [0.25, 0.3) is 0 Å². The van der Waals surface area contributed by atoms with Crippen LogP contribution in [0, 0.1) is 11.3 Å². The van der Waals surface area contributed by atoms with Crippen molar-refractivity contribution in [2.75, 3.05) is 5.43 Å². The fourth-order valence-corrected chi connectivity index (χ4v) is 1.08. The van der Waals surface area contributed by atoms with Gasteiger partial charge in [-0.25, -0.2) is 0 Å². The average Bonchev–Trinajstić information content (AvgIpc) is 2.30. The summed E-state index contributed by atoms with van der Waals surface area (Å²) in [4.78, 5) is 21.9. The number of hydrogen-bond donors (Lipinski definition) is 1. The standard InChI is InChI=1S/C12H11N3O2/c1-8(16)10-3-5-11(6-4-10)14-15-12(7-13)9(2)17/h3-6,14H,1-2H3/b15-12+. The number of nitrogens with one attached hydrogen (secondary N) is 1. The van der Waals surface area contributed by atoms with E-state index in [1.165, 1.54) is 13.8 Å². The molecule has 0 spiro atoms. The summed E-state index contributed by atoms with van der Waals surface area (Å²) in [6.45, 7) is 2.74. The minimum absolute atomic E-state index is 0.0264. The highest BCUT2D eigenvalue weighted by Gasteiger charge is 2.03. The van der Waals surface area contributed by atoms with Crippen LogP contribution in [0.1, 0.15) is 24.2 Å². The van der Waals surface area contributed by atoms with Crippen molar-refractivity contribution in [2.24, 2.45) is 5.10 Å². The van der Waals surface area contributed by atoms with E-state index in [0.717, 1.165) is 0 Å². The van der Waals surface area contributed by atoms with Crippen LogP contribution in [0.5, 0.6) is 0 Å². The van der Waals surface area contributed by atoms with Gasteiger partial charge in [-0.2, -0.15) is 10.4 Å². The maximum absolute atomic E-state index is 11.0. The van der Waals surface area contributed by atoms with Gasteiger partial charge in [-0.3, -0.25) is 15.0 Å². The summed E-state index contributed by atoms with van der Waals surface area (Å²) in [6.07, 6.45) is 0. The molecule has 0 bridgehead atoms. The third kappa shape index (κ3) is 3.54. The van der Waals surface area contributed by atoms with Gasteiger partial charge < -0.3 is 0 Å². The number of carbonyl (C=O) groups excluding carboxylic acids is 2.